The number of hydrogen-bond acceptors (Lipinski definition) is 6. The van der Waals surface area contributed by atoms with Gasteiger partial charge < -0.3 is 20.9 Å². The van der Waals surface area contributed by atoms with Gasteiger partial charge in [0.15, 0.2) is 11.6 Å². The van der Waals surface area contributed by atoms with Crippen molar-refractivity contribution in [3.63, 3.8) is 0 Å². The summed E-state index contributed by atoms with van der Waals surface area (Å²) in [5.74, 6) is -3.23. The molecule has 204 valence electrons. The fourth-order valence-corrected chi connectivity index (χ4v) is 4.30. The van der Waals surface area contributed by atoms with Crippen LogP contribution in [0.15, 0.2) is 36.5 Å². The van der Waals surface area contributed by atoms with Crippen LogP contribution in [0.4, 0.5) is 13.2 Å². The van der Waals surface area contributed by atoms with Crippen LogP contribution in [-0.2, 0) is 19.1 Å². The fourth-order valence-electron chi connectivity index (χ4n) is 4.30. The number of amides is 3. The molecule has 1 aromatic carbocycles. The van der Waals surface area contributed by atoms with Crippen molar-refractivity contribution in [2.24, 2.45) is 11.8 Å². The smallest absolute Gasteiger partial charge is 0.356 e. The molecule has 2 aromatic rings. The topological polar surface area (TPSA) is 142 Å². The highest BCUT2D eigenvalue weighted by Gasteiger charge is 2.37. The lowest BCUT2D eigenvalue weighted by Gasteiger charge is -2.24. The van der Waals surface area contributed by atoms with Crippen molar-refractivity contribution in [2.75, 3.05) is 13.2 Å². The molecule has 0 spiro atoms. The van der Waals surface area contributed by atoms with Gasteiger partial charge in [-0.1, -0.05) is 43.2 Å². The van der Waals surface area contributed by atoms with E-state index in [1.165, 1.54) is 6.20 Å². The third-order valence-electron chi connectivity index (χ3n) is 6.53. The Bertz CT molecular complexity index is 1170. The molecule has 3 atom stereocenters. The van der Waals surface area contributed by atoms with Crippen molar-refractivity contribution >= 4 is 23.5 Å². The van der Waals surface area contributed by atoms with Crippen molar-refractivity contribution in [3.05, 3.63) is 42.4 Å². The molecule has 0 bridgehead atoms. The molecule has 2 fully saturated rings. The van der Waals surface area contributed by atoms with Gasteiger partial charge in [0, 0.05) is 12.5 Å². The molecule has 3 amide bonds. The minimum absolute atomic E-state index is 0.0220. The number of aromatic amines is 1. The number of ether oxygens (including phenoxy) is 1. The Kier molecular flexibility index (Phi) is 8.45. The third kappa shape index (κ3) is 7.63. The van der Waals surface area contributed by atoms with Crippen LogP contribution in [0.5, 0.6) is 0 Å². The molecule has 1 aromatic heterocycles. The molecule has 2 heterocycles. The predicted molar refractivity (Wildman–Crippen MR) is 127 cm³/mol. The monoisotopic (exact) mass is 535 g/mol. The third-order valence-corrected chi connectivity index (χ3v) is 6.53. The van der Waals surface area contributed by atoms with Crippen LogP contribution < -0.4 is 16.0 Å². The average molecular weight is 536 g/mol. The number of H-pyrrole nitrogens is 1. The normalized spacial score (nSPS) is 18.9. The standard InChI is InChI=1S/C25H28F3N5O5/c26-25(27,28)38-13-20(34)17(11-16-8-9-29-22(16)35)32-23(36)18(10-14-6-7-14)33-24(37)21-30-12-19(31-21)15-4-2-1-3-5-15/h1-5,12,14,16-18H,6-11,13H2,(H,29,35)(H,30,31)(H,32,36)(H,33,37)/t16-,17-,18-/m0/s1. The van der Waals surface area contributed by atoms with E-state index in [0.29, 0.717) is 18.7 Å². The first-order chi connectivity index (χ1) is 18.1. The molecule has 0 unspecified atom stereocenters. The van der Waals surface area contributed by atoms with E-state index in [4.69, 9.17) is 0 Å². The summed E-state index contributed by atoms with van der Waals surface area (Å²) in [4.78, 5) is 57.7. The SMILES string of the molecule is O=C(N[C@@H](CC1CC1)C(=O)N[C@@H](C[C@@H]1CCNC1=O)C(=O)COC(F)(F)F)c1ncc(-c2ccccc2)[nH]1. The van der Waals surface area contributed by atoms with E-state index >= 15 is 0 Å². The number of aromatic nitrogens is 2. The van der Waals surface area contributed by atoms with Gasteiger partial charge in [0.2, 0.25) is 11.8 Å². The highest BCUT2D eigenvalue weighted by Crippen LogP contribution is 2.33. The number of ketones is 1. The molecule has 38 heavy (non-hydrogen) atoms. The lowest BCUT2D eigenvalue weighted by molar-refractivity contribution is -0.321. The number of carbonyl (C=O) groups excluding carboxylic acids is 4. The highest BCUT2D eigenvalue weighted by molar-refractivity contribution is 5.97. The Balaban J connectivity index is 1.45. The number of rotatable bonds is 12. The van der Waals surface area contributed by atoms with Gasteiger partial charge in [-0.05, 0) is 30.7 Å². The van der Waals surface area contributed by atoms with Crippen LogP contribution in [0.3, 0.4) is 0 Å². The van der Waals surface area contributed by atoms with Crippen LogP contribution in [-0.4, -0.2) is 65.1 Å². The molecule has 1 aliphatic heterocycles. The number of nitrogens with one attached hydrogen (secondary N) is 4. The molecule has 13 heteroatoms. The van der Waals surface area contributed by atoms with Gasteiger partial charge in [-0.25, -0.2) is 4.98 Å². The lowest BCUT2D eigenvalue weighted by atomic mass is 9.95. The van der Waals surface area contributed by atoms with Crippen LogP contribution in [0.2, 0.25) is 0 Å². The predicted octanol–water partition coefficient (Wildman–Crippen LogP) is 2.09. The minimum atomic E-state index is -5.03. The molecule has 4 rings (SSSR count). The molecule has 1 saturated carbocycles. The molecular weight excluding hydrogens is 507 g/mol. The van der Waals surface area contributed by atoms with E-state index in [2.05, 4.69) is 30.7 Å². The Morgan fingerprint density at radius 2 is 1.79 bits per heavy atom. The van der Waals surface area contributed by atoms with Gasteiger partial charge in [0.05, 0.1) is 17.9 Å². The number of Topliss-reactive ketones (excluding diaryl/α,β-unsaturated/α-hetero) is 1. The summed E-state index contributed by atoms with van der Waals surface area (Å²) in [6.07, 6.45) is -1.33. The lowest BCUT2D eigenvalue weighted by Crippen LogP contribution is -2.53. The molecule has 2 aliphatic rings. The van der Waals surface area contributed by atoms with E-state index in [1.54, 1.807) is 0 Å². The Morgan fingerprint density at radius 1 is 1.05 bits per heavy atom. The maximum atomic E-state index is 13.2. The highest BCUT2D eigenvalue weighted by atomic mass is 19.4. The molecule has 0 radical (unpaired) electrons. The van der Waals surface area contributed by atoms with Crippen molar-refractivity contribution in [2.45, 2.75) is 50.6 Å². The molecule has 1 aliphatic carbocycles. The number of imidazole rings is 1. The van der Waals surface area contributed by atoms with E-state index in [9.17, 15) is 32.3 Å². The molecule has 10 nitrogen and oxygen atoms in total. The molecule has 1 saturated heterocycles. The second-order valence-electron chi connectivity index (χ2n) is 9.49. The van der Waals surface area contributed by atoms with Crippen molar-refractivity contribution in [1.29, 1.82) is 0 Å². The van der Waals surface area contributed by atoms with Crippen LogP contribution in [0.25, 0.3) is 11.3 Å². The zero-order valence-electron chi connectivity index (χ0n) is 20.3. The maximum absolute atomic E-state index is 13.2. The van der Waals surface area contributed by atoms with Gasteiger partial charge in [-0.15, -0.1) is 13.2 Å². The number of hydrogen-bond donors (Lipinski definition) is 4. The van der Waals surface area contributed by atoms with Gasteiger partial charge in [-0.3, -0.25) is 23.9 Å². The minimum Gasteiger partial charge on any atom is -0.356 e. The fraction of sp³-hybridized carbons (Fsp3) is 0.480. The van der Waals surface area contributed by atoms with Gasteiger partial charge >= 0.3 is 6.36 Å². The Morgan fingerprint density at radius 3 is 2.42 bits per heavy atom. The zero-order valence-corrected chi connectivity index (χ0v) is 20.3. The Labute approximate surface area is 216 Å². The number of benzene rings is 1. The van der Waals surface area contributed by atoms with Crippen molar-refractivity contribution in [3.8, 4) is 11.3 Å². The van der Waals surface area contributed by atoms with E-state index in [-0.39, 0.29) is 30.5 Å². The first-order valence-corrected chi connectivity index (χ1v) is 12.3. The second kappa shape index (κ2) is 11.8. The largest absolute Gasteiger partial charge is 0.522 e. The molecule has 4 N–H and O–H groups in total. The summed E-state index contributed by atoms with van der Waals surface area (Å²) in [7, 11) is 0. The number of nitrogens with zero attached hydrogens (tertiary/aromatic N) is 1. The van der Waals surface area contributed by atoms with E-state index in [0.717, 1.165) is 18.4 Å². The second-order valence-corrected chi connectivity index (χ2v) is 9.49. The summed E-state index contributed by atoms with van der Waals surface area (Å²) in [5.41, 5.74) is 1.41. The first kappa shape index (κ1) is 27.3. The van der Waals surface area contributed by atoms with Gasteiger partial charge in [0.25, 0.3) is 5.91 Å². The summed E-state index contributed by atoms with van der Waals surface area (Å²) in [6.45, 7) is -0.941. The van der Waals surface area contributed by atoms with Gasteiger partial charge in [-0.2, -0.15) is 0 Å². The summed E-state index contributed by atoms with van der Waals surface area (Å²) in [6, 6.07) is 6.73. The summed E-state index contributed by atoms with van der Waals surface area (Å²) < 4.78 is 41.2. The van der Waals surface area contributed by atoms with Crippen molar-refractivity contribution in [1.82, 2.24) is 25.9 Å². The zero-order chi connectivity index (χ0) is 27.3. The number of carbonyl (C=O) groups is 4. The Hall–Kier alpha value is -3.74. The van der Waals surface area contributed by atoms with Crippen LogP contribution >= 0.6 is 0 Å². The van der Waals surface area contributed by atoms with Crippen LogP contribution in [0, 0.1) is 11.8 Å². The quantitative estimate of drug-likeness (QED) is 0.328. The summed E-state index contributed by atoms with van der Waals surface area (Å²) >= 11 is 0. The van der Waals surface area contributed by atoms with Gasteiger partial charge in [0.1, 0.15) is 12.6 Å². The maximum Gasteiger partial charge on any atom is 0.522 e. The first-order valence-electron chi connectivity index (χ1n) is 12.3. The van der Waals surface area contributed by atoms with Crippen LogP contribution in [0.1, 0.15) is 42.7 Å². The number of alkyl halides is 3. The van der Waals surface area contributed by atoms with E-state index < -0.39 is 48.6 Å². The average Bonchev–Trinajstić information content (AvgIpc) is 3.39. The van der Waals surface area contributed by atoms with E-state index in [1.807, 2.05) is 30.3 Å². The molecular formula is C25H28F3N5O5. The summed E-state index contributed by atoms with van der Waals surface area (Å²) in [5, 5.41) is 7.68. The van der Waals surface area contributed by atoms with Crippen molar-refractivity contribution < 1.29 is 37.1 Å². The number of halogens is 3.